The zero-order chi connectivity index (χ0) is 27.8. The van der Waals surface area contributed by atoms with Crippen LogP contribution < -0.4 is 22.2 Å². The molecule has 3 aromatic heterocycles. The highest BCUT2D eigenvalue weighted by Gasteiger charge is 2.23. The molecule has 1 atom stereocenters. The minimum atomic E-state index is -0.428. The Hall–Kier alpha value is -5.23. The third kappa shape index (κ3) is 4.71. The molecule has 0 amide bonds. The molecule has 9 heteroatoms. The lowest BCUT2D eigenvalue weighted by Gasteiger charge is -2.22. The molecule has 0 saturated heterocycles. The Kier molecular flexibility index (Phi) is 6.36. The Morgan fingerprint density at radius 3 is 2.65 bits per heavy atom. The van der Waals surface area contributed by atoms with Gasteiger partial charge in [0.25, 0.3) is 11.1 Å². The predicted molar refractivity (Wildman–Crippen MR) is 155 cm³/mol. The second kappa shape index (κ2) is 10.2. The normalized spacial score (nSPS) is 13.6. The van der Waals surface area contributed by atoms with Crippen LogP contribution >= 0.6 is 0 Å². The number of nitrogen functional groups attached to an aromatic ring is 1. The summed E-state index contributed by atoms with van der Waals surface area (Å²) in [5.41, 5.74) is 8.77. The number of rotatable bonds is 7. The van der Waals surface area contributed by atoms with Crippen molar-refractivity contribution in [1.29, 1.82) is 5.26 Å². The van der Waals surface area contributed by atoms with E-state index in [1.807, 2.05) is 67.7 Å². The number of pyridine rings is 2. The van der Waals surface area contributed by atoms with E-state index in [9.17, 15) is 14.9 Å². The summed E-state index contributed by atoms with van der Waals surface area (Å²) in [5, 5.41) is 14.1. The number of hydrogen-bond donors (Lipinski definition) is 2. The van der Waals surface area contributed by atoms with Crippen LogP contribution in [0.2, 0.25) is 0 Å². The van der Waals surface area contributed by atoms with Crippen LogP contribution in [0.3, 0.4) is 0 Å². The maximum absolute atomic E-state index is 14.4. The Labute approximate surface area is 230 Å². The number of hydrogen-bond acceptors (Lipinski definition) is 7. The van der Waals surface area contributed by atoms with E-state index in [0.29, 0.717) is 35.0 Å². The fourth-order valence-electron chi connectivity index (χ4n) is 5.06. The number of aromatic nitrogens is 4. The Bertz CT molecular complexity index is 1900. The molecule has 1 unspecified atom stereocenters. The molecule has 0 bridgehead atoms. The largest absolute Gasteiger partial charge is 0.368 e. The van der Waals surface area contributed by atoms with Gasteiger partial charge in [0.05, 0.1) is 17.6 Å². The van der Waals surface area contributed by atoms with Gasteiger partial charge in [-0.25, -0.2) is 4.98 Å². The number of nitrogens with one attached hydrogen (secondary N) is 1. The second-order valence-corrected chi connectivity index (χ2v) is 10.1. The van der Waals surface area contributed by atoms with Crippen molar-refractivity contribution >= 4 is 22.5 Å². The molecule has 40 heavy (non-hydrogen) atoms. The van der Waals surface area contributed by atoms with Gasteiger partial charge in [-0.3, -0.25) is 14.2 Å². The highest BCUT2D eigenvalue weighted by atomic mass is 16.1. The topological polar surface area (TPSA) is 132 Å². The number of para-hydroxylation sites is 1. The van der Waals surface area contributed by atoms with Gasteiger partial charge in [-0.05, 0) is 66.5 Å². The lowest BCUT2D eigenvalue weighted by Crippen LogP contribution is -2.26. The third-order valence-corrected chi connectivity index (χ3v) is 7.26. The van der Waals surface area contributed by atoms with E-state index in [-0.39, 0.29) is 22.6 Å². The molecule has 6 rings (SSSR count). The van der Waals surface area contributed by atoms with E-state index in [4.69, 9.17) is 5.73 Å². The van der Waals surface area contributed by atoms with E-state index in [1.165, 1.54) is 6.20 Å². The first kappa shape index (κ1) is 25.1. The van der Waals surface area contributed by atoms with Crippen molar-refractivity contribution in [2.45, 2.75) is 32.4 Å². The van der Waals surface area contributed by atoms with Gasteiger partial charge in [0, 0.05) is 30.2 Å². The van der Waals surface area contributed by atoms with Gasteiger partial charge in [-0.2, -0.15) is 10.2 Å². The van der Waals surface area contributed by atoms with Gasteiger partial charge in [0.1, 0.15) is 17.5 Å². The maximum atomic E-state index is 14.4. The Balaban J connectivity index is 1.54. The van der Waals surface area contributed by atoms with E-state index in [0.717, 1.165) is 29.4 Å². The molecule has 0 radical (unpaired) electrons. The molecule has 0 spiro atoms. The molecule has 0 aliphatic heterocycles. The zero-order valence-corrected chi connectivity index (χ0v) is 21.9. The molecule has 1 aliphatic rings. The van der Waals surface area contributed by atoms with E-state index < -0.39 is 6.04 Å². The van der Waals surface area contributed by atoms with E-state index in [2.05, 4.69) is 21.4 Å². The Morgan fingerprint density at radius 1 is 1.10 bits per heavy atom. The second-order valence-electron chi connectivity index (χ2n) is 10.1. The number of anilines is 2. The highest BCUT2D eigenvalue weighted by Crippen LogP contribution is 2.32. The predicted octanol–water partition coefficient (Wildman–Crippen LogP) is 4.65. The summed E-state index contributed by atoms with van der Waals surface area (Å²) in [5.74, 6) is 0.876. The van der Waals surface area contributed by atoms with Crippen molar-refractivity contribution in [1.82, 2.24) is 19.1 Å². The molecule has 5 aromatic rings. The molecule has 3 heterocycles. The van der Waals surface area contributed by atoms with Crippen LogP contribution in [0.1, 0.15) is 37.1 Å². The summed E-state index contributed by atoms with van der Waals surface area (Å²) in [7, 11) is 0. The first-order chi connectivity index (χ1) is 19.4. The van der Waals surface area contributed by atoms with Crippen molar-refractivity contribution in [3.05, 3.63) is 111 Å². The number of nitrogens with two attached hydrogens (primary N) is 1. The smallest absolute Gasteiger partial charge is 0.263 e. The van der Waals surface area contributed by atoms with Crippen molar-refractivity contribution in [3.63, 3.8) is 0 Å². The summed E-state index contributed by atoms with van der Waals surface area (Å²) in [6.07, 6.45) is 5.51. The van der Waals surface area contributed by atoms with Crippen LogP contribution in [0.15, 0.2) is 88.7 Å². The van der Waals surface area contributed by atoms with Crippen LogP contribution in [0.4, 0.5) is 11.8 Å². The molecule has 1 saturated carbocycles. The van der Waals surface area contributed by atoms with Crippen LogP contribution in [0, 0.1) is 17.2 Å². The third-order valence-electron chi connectivity index (χ3n) is 7.26. The number of fused-ring (bicyclic) bond motifs is 1. The summed E-state index contributed by atoms with van der Waals surface area (Å²) in [6, 6.07) is 22.2. The first-order valence-corrected chi connectivity index (χ1v) is 13.2. The highest BCUT2D eigenvalue weighted by molar-refractivity contribution is 5.96. The van der Waals surface area contributed by atoms with Gasteiger partial charge in [-0.15, -0.1) is 0 Å². The quantitative estimate of drug-likeness (QED) is 0.314. The maximum Gasteiger partial charge on any atom is 0.263 e. The minimum absolute atomic E-state index is 0.0399. The zero-order valence-electron chi connectivity index (χ0n) is 21.9. The van der Waals surface area contributed by atoms with Crippen LogP contribution in [0.25, 0.3) is 27.6 Å². The number of nitriles is 1. The van der Waals surface area contributed by atoms with Crippen molar-refractivity contribution in [3.8, 4) is 22.9 Å². The van der Waals surface area contributed by atoms with Gasteiger partial charge in [0.2, 0.25) is 5.95 Å². The standard InChI is InChI=1S/C31H27N7O2/c1-19(35-29-23(15-32)16-34-31(33)36-29)26-14-21-6-5-9-25(22-12-13-27(39)37(18-22)17-20-10-11-20)28(21)30(40)38(26)24-7-3-2-4-8-24/h2-9,12-14,16,18-20H,10-11,17H2,1H3,(H3,33,34,35,36). The van der Waals surface area contributed by atoms with Gasteiger partial charge in [-0.1, -0.05) is 36.4 Å². The summed E-state index contributed by atoms with van der Waals surface area (Å²) in [4.78, 5) is 35.0. The fourth-order valence-corrected chi connectivity index (χ4v) is 5.06. The van der Waals surface area contributed by atoms with E-state index >= 15 is 0 Å². The fraction of sp³-hybridized carbons (Fsp3) is 0.194. The molecule has 198 valence electrons. The van der Waals surface area contributed by atoms with E-state index in [1.54, 1.807) is 21.3 Å². The molecule has 1 fully saturated rings. The summed E-state index contributed by atoms with van der Waals surface area (Å²) in [6.45, 7) is 2.59. The monoisotopic (exact) mass is 529 g/mol. The van der Waals surface area contributed by atoms with Crippen molar-refractivity contribution in [2.75, 3.05) is 11.1 Å². The molecular formula is C31H27N7O2. The SMILES string of the molecule is CC(Nc1nc(N)ncc1C#N)c1cc2cccc(-c3ccc(=O)n(CC4CC4)c3)c2c(=O)n1-c1ccccc1. The first-order valence-electron chi connectivity index (χ1n) is 13.2. The van der Waals surface area contributed by atoms with Crippen LogP contribution in [-0.4, -0.2) is 19.1 Å². The average molecular weight is 530 g/mol. The molecule has 3 N–H and O–H groups in total. The summed E-state index contributed by atoms with van der Waals surface area (Å²) >= 11 is 0. The van der Waals surface area contributed by atoms with Crippen molar-refractivity contribution in [2.24, 2.45) is 5.92 Å². The number of benzene rings is 2. The lowest BCUT2D eigenvalue weighted by molar-refractivity contribution is 0.607. The molecule has 1 aliphatic carbocycles. The average Bonchev–Trinajstić information content (AvgIpc) is 3.78. The van der Waals surface area contributed by atoms with Crippen molar-refractivity contribution < 1.29 is 0 Å². The Morgan fingerprint density at radius 2 is 1.90 bits per heavy atom. The number of nitrogens with zero attached hydrogens (tertiary/aromatic N) is 5. The lowest BCUT2D eigenvalue weighted by atomic mass is 9.98. The van der Waals surface area contributed by atoms with Crippen LogP contribution in [0.5, 0.6) is 0 Å². The molecule has 9 nitrogen and oxygen atoms in total. The summed E-state index contributed by atoms with van der Waals surface area (Å²) < 4.78 is 3.43. The van der Waals surface area contributed by atoms with Gasteiger partial charge < -0.3 is 15.6 Å². The molecular weight excluding hydrogens is 502 g/mol. The van der Waals surface area contributed by atoms with Crippen LogP contribution in [-0.2, 0) is 6.54 Å². The van der Waals surface area contributed by atoms with Gasteiger partial charge in [0.15, 0.2) is 0 Å². The molecule has 2 aromatic carbocycles. The minimum Gasteiger partial charge on any atom is -0.368 e. The van der Waals surface area contributed by atoms with Gasteiger partial charge >= 0.3 is 0 Å².